The summed E-state index contributed by atoms with van der Waals surface area (Å²) in [4.78, 5) is 14.2. The van der Waals surface area contributed by atoms with Gasteiger partial charge >= 0.3 is 0 Å². The molecule has 19 heavy (non-hydrogen) atoms. The van der Waals surface area contributed by atoms with E-state index in [9.17, 15) is 4.79 Å². The fourth-order valence-electron chi connectivity index (χ4n) is 3.69. The number of hydrogen-bond acceptors (Lipinski definition) is 3. The van der Waals surface area contributed by atoms with E-state index in [0.717, 1.165) is 31.8 Å². The molecular formula is C15H29N3O. The Hall–Kier alpha value is -0.610. The largest absolute Gasteiger partial charge is 0.368 e. The molecule has 2 aliphatic rings. The van der Waals surface area contributed by atoms with Crippen molar-refractivity contribution in [2.45, 2.75) is 50.5 Å². The SMILES string of the molecule is CNC(CN(C)CC1CCCCC1)(C(N)=O)C1CC1. The first kappa shape index (κ1) is 14.8. The van der Waals surface area contributed by atoms with Crippen molar-refractivity contribution < 1.29 is 4.79 Å². The normalized spacial score (nSPS) is 24.4. The monoisotopic (exact) mass is 267 g/mol. The van der Waals surface area contributed by atoms with Crippen LogP contribution in [-0.4, -0.2) is 43.5 Å². The van der Waals surface area contributed by atoms with Crippen molar-refractivity contribution in [3.05, 3.63) is 0 Å². The highest BCUT2D eigenvalue weighted by Gasteiger charge is 2.49. The van der Waals surface area contributed by atoms with Gasteiger partial charge in [-0.05, 0) is 51.6 Å². The second kappa shape index (κ2) is 6.23. The first-order valence-corrected chi connectivity index (χ1v) is 7.76. The quantitative estimate of drug-likeness (QED) is 0.732. The van der Waals surface area contributed by atoms with Crippen LogP contribution in [0.4, 0.5) is 0 Å². The zero-order valence-electron chi connectivity index (χ0n) is 12.5. The van der Waals surface area contributed by atoms with Crippen molar-refractivity contribution in [2.75, 3.05) is 27.2 Å². The average Bonchev–Trinajstić information content (AvgIpc) is 3.21. The molecule has 4 heteroatoms. The highest BCUT2D eigenvalue weighted by molar-refractivity contribution is 5.85. The summed E-state index contributed by atoms with van der Waals surface area (Å²) >= 11 is 0. The molecule has 2 fully saturated rings. The van der Waals surface area contributed by atoms with E-state index >= 15 is 0 Å². The van der Waals surface area contributed by atoms with Crippen molar-refractivity contribution >= 4 is 5.91 Å². The van der Waals surface area contributed by atoms with Gasteiger partial charge in [-0.1, -0.05) is 19.3 Å². The number of rotatable bonds is 7. The van der Waals surface area contributed by atoms with Gasteiger partial charge in [-0.25, -0.2) is 0 Å². The van der Waals surface area contributed by atoms with Gasteiger partial charge in [0.05, 0.1) is 0 Å². The molecule has 1 amide bonds. The summed E-state index contributed by atoms with van der Waals surface area (Å²) < 4.78 is 0. The Balaban J connectivity index is 1.90. The molecule has 1 atom stereocenters. The summed E-state index contributed by atoms with van der Waals surface area (Å²) in [6.07, 6.45) is 9.07. The number of primary amides is 1. The maximum atomic E-state index is 11.9. The lowest BCUT2D eigenvalue weighted by molar-refractivity contribution is -0.126. The van der Waals surface area contributed by atoms with E-state index in [0.29, 0.717) is 5.92 Å². The number of nitrogens with two attached hydrogens (primary N) is 1. The summed E-state index contributed by atoms with van der Waals surface area (Å²) in [6.45, 7) is 1.85. The first-order chi connectivity index (χ1) is 9.08. The third-order valence-corrected chi connectivity index (χ3v) is 4.97. The Morgan fingerprint density at radius 2 is 1.89 bits per heavy atom. The summed E-state index contributed by atoms with van der Waals surface area (Å²) in [7, 11) is 4.00. The van der Waals surface area contributed by atoms with Crippen molar-refractivity contribution in [1.29, 1.82) is 0 Å². The van der Waals surface area contributed by atoms with Crippen LogP contribution < -0.4 is 11.1 Å². The molecule has 0 aliphatic heterocycles. The van der Waals surface area contributed by atoms with Crippen molar-refractivity contribution in [3.63, 3.8) is 0 Å². The second-order valence-corrected chi connectivity index (χ2v) is 6.56. The molecule has 3 N–H and O–H groups in total. The van der Waals surface area contributed by atoms with Gasteiger partial charge in [0, 0.05) is 13.1 Å². The Labute approximate surface area is 117 Å². The predicted molar refractivity (Wildman–Crippen MR) is 77.8 cm³/mol. The summed E-state index contributed by atoms with van der Waals surface area (Å²) in [5.41, 5.74) is 5.17. The van der Waals surface area contributed by atoms with Gasteiger partial charge in [-0.2, -0.15) is 0 Å². The van der Waals surface area contributed by atoms with E-state index in [1.807, 2.05) is 7.05 Å². The highest BCUT2D eigenvalue weighted by Crippen LogP contribution is 2.40. The minimum atomic E-state index is -0.510. The van der Waals surface area contributed by atoms with Crippen LogP contribution in [0.3, 0.4) is 0 Å². The van der Waals surface area contributed by atoms with Crippen LogP contribution in [0.2, 0.25) is 0 Å². The zero-order valence-corrected chi connectivity index (χ0v) is 12.5. The van der Waals surface area contributed by atoms with Crippen molar-refractivity contribution in [1.82, 2.24) is 10.2 Å². The van der Waals surface area contributed by atoms with E-state index in [1.165, 1.54) is 32.1 Å². The molecule has 2 aliphatic carbocycles. The molecule has 0 spiro atoms. The standard InChI is InChI=1S/C15H29N3O/c1-17-15(14(16)19,13-8-9-13)11-18(2)10-12-6-4-3-5-7-12/h12-13,17H,3-11H2,1-2H3,(H2,16,19). The highest BCUT2D eigenvalue weighted by atomic mass is 16.1. The number of nitrogens with zero attached hydrogens (tertiary/aromatic N) is 1. The molecule has 1 unspecified atom stereocenters. The summed E-state index contributed by atoms with van der Waals surface area (Å²) in [5.74, 6) is 1.05. The fourth-order valence-corrected chi connectivity index (χ4v) is 3.69. The number of likely N-dealkylation sites (N-methyl/N-ethyl adjacent to an activating group) is 2. The number of nitrogens with one attached hydrogen (secondary N) is 1. The minimum Gasteiger partial charge on any atom is -0.368 e. The summed E-state index contributed by atoms with van der Waals surface area (Å²) in [5, 5.41) is 3.23. The van der Waals surface area contributed by atoms with Gasteiger partial charge in [0.25, 0.3) is 0 Å². The Bertz CT molecular complexity index is 311. The third kappa shape index (κ3) is 3.48. The van der Waals surface area contributed by atoms with Crippen molar-refractivity contribution in [2.24, 2.45) is 17.6 Å². The molecule has 2 saturated carbocycles. The maximum Gasteiger partial charge on any atom is 0.239 e. The van der Waals surface area contributed by atoms with E-state index in [4.69, 9.17) is 5.73 Å². The van der Waals surface area contributed by atoms with Crippen LogP contribution in [0.1, 0.15) is 44.9 Å². The lowest BCUT2D eigenvalue weighted by atomic mass is 9.87. The van der Waals surface area contributed by atoms with Gasteiger partial charge in [-0.3, -0.25) is 4.79 Å². The van der Waals surface area contributed by atoms with Crippen LogP contribution in [-0.2, 0) is 4.79 Å². The van der Waals surface area contributed by atoms with Crippen molar-refractivity contribution in [3.8, 4) is 0 Å². The number of amides is 1. The molecule has 0 aromatic rings. The Kier molecular flexibility index (Phi) is 4.85. The molecule has 0 saturated heterocycles. The number of hydrogen-bond donors (Lipinski definition) is 2. The average molecular weight is 267 g/mol. The molecular weight excluding hydrogens is 238 g/mol. The number of carbonyl (C=O) groups excluding carboxylic acids is 1. The van der Waals surface area contributed by atoms with E-state index in [1.54, 1.807) is 0 Å². The molecule has 0 heterocycles. The van der Waals surface area contributed by atoms with Crippen LogP contribution in [0, 0.1) is 11.8 Å². The van der Waals surface area contributed by atoms with Crippen LogP contribution in [0.5, 0.6) is 0 Å². The van der Waals surface area contributed by atoms with Crippen LogP contribution in [0.25, 0.3) is 0 Å². The smallest absolute Gasteiger partial charge is 0.239 e. The Morgan fingerprint density at radius 3 is 2.37 bits per heavy atom. The molecule has 2 rings (SSSR count). The molecule has 0 aromatic heterocycles. The number of carbonyl (C=O) groups is 1. The molecule has 110 valence electrons. The van der Waals surface area contributed by atoms with Gasteiger partial charge in [0.1, 0.15) is 5.54 Å². The lowest BCUT2D eigenvalue weighted by Gasteiger charge is -2.36. The minimum absolute atomic E-state index is 0.187. The van der Waals surface area contributed by atoms with Gasteiger partial charge in [0.2, 0.25) is 5.91 Å². The maximum absolute atomic E-state index is 11.9. The lowest BCUT2D eigenvalue weighted by Crippen LogP contribution is -2.62. The zero-order chi connectivity index (χ0) is 13.9. The molecule has 4 nitrogen and oxygen atoms in total. The van der Waals surface area contributed by atoms with Crippen LogP contribution >= 0.6 is 0 Å². The van der Waals surface area contributed by atoms with Gasteiger partial charge < -0.3 is 16.0 Å². The van der Waals surface area contributed by atoms with Crippen LogP contribution in [0.15, 0.2) is 0 Å². The molecule has 0 aromatic carbocycles. The van der Waals surface area contributed by atoms with E-state index < -0.39 is 5.54 Å². The van der Waals surface area contributed by atoms with Gasteiger partial charge in [0.15, 0.2) is 0 Å². The fraction of sp³-hybridized carbons (Fsp3) is 0.933. The summed E-state index contributed by atoms with van der Waals surface area (Å²) in [6, 6.07) is 0. The molecule has 0 radical (unpaired) electrons. The topological polar surface area (TPSA) is 58.4 Å². The third-order valence-electron chi connectivity index (χ3n) is 4.97. The van der Waals surface area contributed by atoms with Gasteiger partial charge in [-0.15, -0.1) is 0 Å². The predicted octanol–water partition coefficient (Wildman–Crippen LogP) is 1.35. The Morgan fingerprint density at radius 1 is 1.26 bits per heavy atom. The first-order valence-electron chi connectivity index (χ1n) is 7.76. The van der Waals surface area contributed by atoms with E-state index in [2.05, 4.69) is 17.3 Å². The van der Waals surface area contributed by atoms with E-state index in [-0.39, 0.29) is 5.91 Å². The molecule has 0 bridgehead atoms. The second-order valence-electron chi connectivity index (χ2n) is 6.56.